The Morgan fingerprint density at radius 2 is 1.82 bits per heavy atom. The van der Waals surface area contributed by atoms with Gasteiger partial charge >= 0.3 is 0 Å². The second-order valence-electron chi connectivity index (χ2n) is 8.21. The molecule has 8 heteroatoms. The summed E-state index contributed by atoms with van der Waals surface area (Å²) in [5.41, 5.74) is 0.905. The molecule has 4 heterocycles. The number of carbonyl (C=O) groups excluding carboxylic acids is 2. The van der Waals surface area contributed by atoms with E-state index in [-0.39, 0.29) is 11.8 Å². The summed E-state index contributed by atoms with van der Waals surface area (Å²) in [5, 5.41) is 0. The molecule has 1 N–H and O–H groups in total. The summed E-state index contributed by atoms with van der Waals surface area (Å²) in [6.07, 6.45) is 5.68. The van der Waals surface area contributed by atoms with Crippen molar-refractivity contribution in [1.82, 2.24) is 24.7 Å². The number of likely N-dealkylation sites (tertiary alicyclic amines) is 2. The van der Waals surface area contributed by atoms with Crippen molar-refractivity contribution < 1.29 is 14.3 Å². The molecular weight excluding hydrogens is 358 g/mol. The van der Waals surface area contributed by atoms with Crippen molar-refractivity contribution in [1.29, 1.82) is 0 Å². The topological polar surface area (TPSA) is 81.8 Å². The zero-order chi connectivity index (χ0) is 19.5. The summed E-state index contributed by atoms with van der Waals surface area (Å²) < 4.78 is 5.37. The number of aromatic nitrogens is 2. The first-order valence-electron chi connectivity index (χ1n) is 10.5. The number of amides is 2. The predicted molar refractivity (Wildman–Crippen MR) is 104 cm³/mol. The molecule has 4 rings (SSSR count). The molecule has 0 aliphatic carbocycles. The zero-order valence-electron chi connectivity index (χ0n) is 16.7. The molecule has 0 aromatic carbocycles. The minimum absolute atomic E-state index is 0.00874. The number of hydrogen-bond donors (Lipinski definition) is 1. The first-order valence-corrected chi connectivity index (χ1v) is 10.5. The van der Waals surface area contributed by atoms with Crippen LogP contribution in [0.5, 0.6) is 0 Å². The lowest BCUT2D eigenvalue weighted by molar-refractivity contribution is -0.141. The second-order valence-corrected chi connectivity index (χ2v) is 8.21. The molecular formula is C20H31N5O3. The Kier molecular flexibility index (Phi) is 5.96. The maximum atomic E-state index is 12.9. The predicted octanol–water partition coefficient (Wildman–Crippen LogP) is 0.894. The number of imidazole rings is 1. The van der Waals surface area contributed by atoms with Crippen molar-refractivity contribution in [2.75, 3.05) is 52.5 Å². The van der Waals surface area contributed by atoms with Crippen molar-refractivity contribution in [3.8, 4) is 0 Å². The van der Waals surface area contributed by atoms with E-state index in [0.29, 0.717) is 31.0 Å². The van der Waals surface area contributed by atoms with Gasteiger partial charge in [-0.15, -0.1) is 0 Å². The van der Waals surface area contributed by atoms with Crippen LogP contribution in [0.3, 0.4) is 0 Å². The van der Waals surface area contributed by atoms with Gasteiger partial charge in [-0.1, -0.05) is 0 Å². The van der Waals surface area contributed by atoms with Crippen LogP contribution in [0.1, 0.15) is 42.0 Å². The first-order chi connectivity index (χ1) is 13.6. The fourth-order valence-corrected chi connectivity index (χ4v) is 4.69. The van der Waals surface area contributed by atoms with Crippen LogP contribution in [0.4, 0.5) is 0 Å². The number of ether oxygens (including phenoxy) is 1. The number of nitrogens with zero attached hydrogens (tertiary/aromatic N) is 4. The molecule has 1 aromatic rings. The van der Waals surface area contributed by atoms with Crippen molar-refractivity contribution in [3.63, 3.8) is 0 Å². The number of H-pyrrole nitrogens is 1. The van der Waals surface area contributed by atoms with Crippen LogP contribution in [0.25, 0.3) is 0 Å². The lowest BCUT2D eigenvalue weighted by Gasteiger charge is -2.42. The van der Waals surface area contributed by atoms with E-state index in [1.54, 1.807) is 6.20 Å². The summed E-state index contributed by atoms with van der Waals surface area (Å²) >= 11 is 0. The fraction of sp³-hybridized carbons (Fsp3) is 0.750. The van der Waals surface area contributed by atoms with Crippen molar-refractivity contribution >= 4 is 11.8 Å². The third kappa shape index (κ3) is 4.22. The second kappa shape index (κ2) is 8.61. The summed E-state index contributed by atoms with van der Waals surface area (Å²) in [4.78, 5) is 39.0. The number of aryl methyl sites for hydroxylation is 1. The van der Waals surface area contributed by atoms with E-state index in [1.807, 2.05) is 16.7 Å². The lowest BCUT2D eigenvalue weighted by atomic mass is 9.92. The zero-order valence-corrected chi connectivity index (χ0v) is 16.7. The van der Waals surface area contributed by atoms with Gasteiger partial charge in [-0.3, -0.25) is 14.5 Å². The number of piperidine rings is 2. The number of hydrogen-bond acceptors (Lipinski definition) is 5. The monoisotopic (exact) mass is 389 g/mol. The lowest BCUT2D eigenvalue weighted by Crippen LogP contribution is -2.53. The Labute approximate surface area is 166 Å². The van der Waals surface area contributed by atoms with Crippen molar-refractivity contribution in [2.24, 2.45) is 5.92 Å². The van der Waals surface area contributed by atoms with Crippen LogP contribution in [0, 0.1) is 12.8 Å². The van der Waals surface area contributed by atoms with Crippen LogP contribution in [-0.4, -0.2) is 95.0 Å². The van der Waals surface area contributed by atoms with E-state index in [0.717, 1.165) is 70.6 Å². The van der Waals surface area contributed by atoms with Gasteiger partial charge in [0, 0.05) is 50.7 Å². The Morgan fingerprint density at radius 3 is 2.50 bits per heavy atom. The molecule has 3 fully saturated rings. The number of nitrogens with one attached hydrogen (secondary N) is 1. The molecule has 1 aromatic heterocycles. The summed E-state index contributed by atoms with van der Waals surface area (Å²) in [6, 6.07) is 0.461. The molecule has 3 saturated heterocycles. The highest BCUT2D eigenvalue weighted by Crippen LogP contribution is 2.25. The maximum absolute atomic E-state index is 12.9. The van der Waals surface area contributed by atoms with Gasteiger partial charge in [-0.05, 0) is 39.2 Å². The Hall–Kier alpha value is -1.93. The van der Waals surface area contributed by atoms with Crippen LogP contribution < -0.4 is 0 Å². The van der Waals surface area contributed by atoms with E-state index in [2.05, 4.69) is 14.9 Å². The quantitative estimate of drug-likeness (QED) is 0.830. The van der Waals surface area contributed by atoms with Crippen LogP contribution in [0.15, 0.2) is 6.20 Å². The van der Waals surface area contributed by atoms with Crippen LogP contribution >= 0.6 is 0 Å². The van der Waals surface area contributed by atoms with E-state index in [1.165, 1.54) is 0 Å². The third-order valence-electron chi connectivity index (χ3n) is 6.30. The minimum atomic E-state index is -0.00874. The van der Waals surface area contributed by atoms with Crippen molar-refractivity contribution in [3.05, 3.63) is 17.7 Å². The third-order valence-corrected chi connectivity index (χ3v) is 6.30. The summed E-state index contributed by atoms with van der Waals surface area (Å²) in [5.74, 6) is 0.835. The SMILES string of the molecule is Cc1cnc(C(=O)N2CCC(N3CCC[C@@H](C(=O)N4CCOCC4)C3)CC2)[nH]1. The van der Waals surface area contributed by atoms with Gasteiger partial charge in [0.15, 0.2) is 5.82 Å². The van der Waals surface area contributed by atoms with Gasteiger partial charge in [-0.2, -0.15) is 0 Å². The molecule has 8 nitrogen and oxygen atoms in total. The minimum Gasteiger partial charge on any atom is -0.378 e. The standard InChI is InChI=1S/C20H31N5O3/c1-15-13-21-18(22-15)20(27)23-7-4-17(5-8-23)25-6-2-3-16(14-25)19(26)24-9-11-28-12-10-24/h13,16-17H,2-12,14H2,1H3,(H,21,22)/t16-/m1/s1. The number of carbonyl (C=O) groups is 2. The first kappa shape index (κ1) is 19.4. The number of aromatic amines is 1. The van der Waals surface area contributed by atoms with Gasteiger partial charge in [0.1, 0.15) is 0 Å². The molecule has 2 amide bonds. The van der Waals surface area contributed by atoms with Gasteiger partial charge in [-0.25, -0.2) is 4.98 Å². The molecule has 3 aliphatic heterocycles. The largest absolute Gasteiger partial charge is 0.378 e. The average molecular weight is 390 g/mol. The molecule has 3 aliphatic rings. The van der Waals surface area contributed by atoms with E-state index in [4.69, 9.17) is 4.74 Å². The van der Waals surface area contributed by atoms with Crippen molar-refractivity contribution in [2.45, 2.75) is 38.6 Å². The fourth-order valence-electron chi connectivity index (χ4n) is 4.69. The molecule has 0 spiro atoms. The highest BCUT2D eigenvalue weighted by molar-refractivity contribution is 5.90. The van der Waals surface area contributed by atoms with E-state index >= 15 is 0 Å². The van der Waals surface area contributed by atoms with Gasteiger partial charge in [0.2, 0.25) is 5.91 Å². The smallest absolute Gasteiger partial charge is 0.289 e. The van der Waals surface area contributed by atoms with Gasteiger partial charge in [0.25, 0.3) is 5.91 Å². The Balaban J connectivity index is 1.29. The highest BCUT2D eigenvalue weighted by Gasteiger charge is 2.34. The summed E-state index contributed by atoms with van der Waals surface area (Å²) in [7, 11) is 0. The molecule has 0 unspecified atom stereocenters. The van der Waals surface area contributed by atoms with E-state index in [9.17, 15) is 9.59 Å². The normalized spacial score (nSPS) is 25.1. The number of rotatable bonds is 3. The molecule has 0 saturated carbocycles. The van der Waals surface area contributed by atoms with Crippen LogP contribution in [0.2, 0.25) is 0 Å². The molecule has 0 bridgehead atoms. The van der Waals surface area contributed by atoms with Gasteiger partial charge < -0.3 is 19.5 Å². The Morgan fingerprint density at radius 1 is 1.07 bits per heavy atom. The highest BCUT2D eigenvalue weighted by atomic mass is 16.5. The molecule has 154 valence electrons. The molecule has 0 radical (unpaired) electrons. The summed E-state index contributed by atoms with van der Waals surface area (Å²) in [6.45, 7) is 8.08. The molecule has 1 atom stereocenters. The van der Waals surface area contributed by atoms with E-state index < -0.39 is 0 Å². The van der Waals surface area contributed by atoms with Crippen LogP contribution in [-0.2, 0) is 9.53 Å². The maximum Gasteiger partial charge on any atom is 0.289 e. The average Bonchev–Trinajstić information content (AvgIpc) is 3.20. The van der Waals surface area contributed by atoms with Gasteiger partial charge in [0.05, 0.1) is 19.1 Å². The number of morpholine rings is 1. The Bertz CT molecular complexity index is 692. The molecule has 28 heavy (non-hydrogen) atoms.